The Morgan fingerprint density at radius 1 is 0.706 bits per heavy atom. The van der Waals surface area contributed by atoms with Gasteiger partial charge in [0.15, 0.2) is 0 Å². The number of hydrogen-bond donors (Lipinski definition) is 1. The van der Waals surface area contributed by atoms with E-state index in [4.69, 9.17) is 4.98 Å². The van der Waals surface area contributed by atoms with Crippen LogP contribution in [0.25, 0.3) is 22.0 Å². The number of nitrogens with zero attached hydrogens (tertiary/aromatic N) is 1. The quantitative estimate of drug-likeness (QED) is 0.281. The molecule has 1 aromatic heterocycles. The zero-order valence-electron chi connectivity index (χ0n) is 20.1. The molecule has 2 nitrogen and oxygen atoms in total. The summed E-state index contributed by atoms with van der Waals surface area (Å²) in [6, 6.07) is 36.9. The second-order valence-electron chi connectivity index (χ2n) is 9.25. The van der Waals surface area contributed by atoms with Crippen molar-refractivity contribution in [2.75, 3.05) is 0 Å². The van der Waals surface area contributed by atoms with E-state index in [1.165, 1.54) is 44.3 Å². The number of aryl methyl sites for hydroxylation is 3. The maximum Gasteiger partial charge on any atom is 0.137 e. The largest absolute Gasteiger partial charge is 0.306 e. The van der Waals surface area contributed by atoms with Crippen molar-refractivity contribution in [3.63, 3.8) is 0 Å². The molecule has 0 aliphatic carbocycles. The molecule has 0 bridgehead atoms. The van der Waals surface area contributed by atoms with Crippen LogP contribution in [0.15, 0.2) is 103 Å². The van der Waals surface area contributed by atoms with E-state index in [0.29, 0.717) is 0 Å². The number of rotatable bonds is 6. The normalized spacial score (nSPS) is 12.1. The summed E-state index contributed by atoms with van der Waals surface area (Å²) in [5.41, 5.74) is 9.91. The molecule has 2 N–H and O–H groups in total. The molecule has 1 heterocycles. The molecule has 0 aliphatic rings. The first-order valence-corrected chi connectivity index (χ1v) is 12.0. The van der Waals surface area contributed by atoms with Crippen LogP contribution < -0.4 is 5.32 Å². The van der Waals surface area contributed by atoms with Gasteiger partial charge in [-0.25, -0.2) is 4.98 Å². The van der Waals surface area contributed by atoms with E-state index in [2.05, 4.69) is 129 Å². The van der Waals surface area contributed by atoms with E-state index in [0.717, 1.165) is 17.8 Å². The number of quaternary nitrogens is 1. The highest BCUT2D eigenvalue weighted by molar-refractivity contribution is 5.95. The fraction of sp³-hybridized carbons (Fsp3) is 0.156. The summed E-state index contributed by atoms with van der Waals surface area (Å²) >= 11 is 0. The maximum absolute atomic E-state index is 5.23. The lowest BCUT2D eigenvalue weighted by atomic mass is 9.98. The fourth-order valence-corrected chi connectivity index (χ4v) is 5.03. The van der Waals surface area contributed by atoms with E-state index >= 15 is 0 Å². The third-order valence-corrected chi connectivity index (χ3v) is 6.62. The standard InChI is InChI=1S/C32H30N2/c1-22-19-23(2)32(24(3)20-22)34-31(21-25-11-5-4-6-12-25)30-18-10-17-29(33-30)28-16-9-14-26-13-7-8-15-27(26)28/h4-20,31,34H,21H2,1-3H3/p+1. The van der Waals surface area contributed by atoms with Gasteiger partial charge in [0.25, 0.3) is 0 Å². The van der Waals surface area contributed by atoms with Crippen LogP contribution in [0.2, 0.25) is 0 Å². The lowest BCUT2D eigenvalue weighted by Crippen LogP contribution is -2.80. The van der Waals surface area contributed by atoms with Gasteiger partial charge in [-0.2, -0.15) is 0 Å². The van der Waals surface area contributed by atoms with E-state index in [-0.39, 0.29) is 6.04 Å². The average molecular weight is 444 g/mol. The van der Waals surface area contributed by atoms with Gasteiger partial charge < -0.3 is 5.32 Å². The van der Waals surface area contributed by atoms with Gasteiger partial charge in [-0.1, -0.05) is 96.6 Å². The molecule has 5 rings (SSSR count). The zero-order valence-corrected chi connectivity index (χ0v) is 20.1. The molecule has 0 aliphatic heterocycles. The molecular weight excluding hydrogens is 412 g/mol. The van der Waals surface area contributed by atoms with E-state index in [9.17, 15) is 0 Å². The first kappa shape index (κ1) is 22.1. The molecule has 168 valence electrons. The molecule has 0 amide bonds. The highest BCUT2D eigenvalue weighted by atomic mass is 15.0. The monoisotopic (exact) mass is 443 g/mol. The minimum absolute atomic E-state index is 0.178. The topological polar surface area (TPSA) is 29.5 Å². The summed E-state index contributed by atoms with van der Waals surface area (Å²) in [5.74, 6) is 0. The zero-order chi connectivity index (χ0) is 23.5. The van der Waals surface area contributed by atoms with Crippen molar-refractivity contribution in [1.29, 1.82) is 0 Å². The molecule has 0 radical (unpaired) electrons. The van der Waals surface area contributed by atoms with Gasteiger partial charge >= 0.3 is 0 Å². The van der Waals surface area contributed by atoms with Crippen molar-refractivity contribution in [2.45, 2.75) is 33.2 Å². The van der Waals surface area contributed by atoms with Gasteiger partial charge in [0.05, 0.1) is 11.4 Å². The molecule has 0 saturated carbocycles. The minimum Gasteiger partial charge on any atom is -0.306 e. The molecule has 2 heteroatoms. The van der Waals surface area contributed by atoms with Crippen molar-refractivity contribution >= 4 is 16.5 Å². The highest BCUT2D eigenvalue weighted by Crippen LogP contribution is 2.28. The van der Waals surface area contributed by atoms with Gasteiger partial charge in [0.2, 0.25) is 0 Å². The van der Waals surface area contributed by atoms with Gasteiger partial charge in [-0.15, -0.1) is 0 Å². The van der Waals surface area contributed by atoms with Crippen molar-refractivity contribution in [3.8, 4) is 11.3 Å². The molecule has 1 atom stereocenters. The number of benzene rings is 4. The Bertz CT molecular complexity index is 1410. The summed E-state index contributed by atoms with van der Waals surface area (Å²) < 4.78 is 0. The lowest BCUT2D eigenvalue weighted by Gasteiger charge is -2.19. The predicted molar refractivity (Wildman–Crippen MR) is 142 cm³/mol. The van der Waals surface area contributed by atoms with Crippen LogP contribution >= 0.6 is 0 Å². The first-order chi connectivity index (χ1) is 16.6. The van der Waals surface area contributed by atoms with Gasteiger partial charge in [-0.05, 0) is 49.2 Å². The summed E-state index contributed by atoms with van der Waals surface area (Å²) in [5, 5.41) is 4.90. The van der Waals surface area contributed by atoms with E-state index < -0.39 is 0 Å². The molecule has 0 spiro atoms. The van der Waals surface area contributed by atoms with Gasteiger partial charge in [0, 0.05) is 23.1 Å². The van der Waals surface area contributed by atoms with Crippen molar-refractivity contribution in [3.05, 3.63) is 131 Å². The molecule has 0 saturated heterocycles. The summed E-state index contributed by atoms with van der Waals surface area (Å²) in [6.07, 6.45) is 0.916. The van der Waals surface area contributed by atoms with Crippen molar-refractivity contribution < 1.29 is 5.32 Å². The second kappa shape index (κ2) is 9.62. The minimum atomic E-state index is 0.178. The number of fused-ring (bicyclic) bond motifs is 1. The van der Waals surface area contributed by atoms with E-state index in [1.54, 1.807) is 0 Å². The molecule has 34 heavy (non-hydrogen) atoms. The van der Waals surface area contributed by atoms with Crippen LogP contribution in [-0.2, 0) is 6.42 Å². The van der Waals surface area contributed by atoms with Gasteiger partial charge in [0.1, 0.15) is 11.7 Å². The predicted octanol–water partition coefficient (Wildman–Crippen LogP) is 7.01. The Labute approximate surface area is 202 Å². The Morgan fingerprint density at radius 3 is 2.18 bits per heavy atom. The third kappa shape index (κ3) is 4.64. The third-order valence-electron chi connectivity index (χ3n) is 6.62. The summed E-state index contributed by atoms with van der Waals surface area (Å²) in [4.78, 5) is 5.23. The molecular formula is C32H31N2+. The molecule has 5 aromatic rings. The van der Waals surface area contributed by atoms with Crippen molar-refractivity contribution in [2.24, 2.45) is 0 Å². The number of nitrogens with two attached hydrogens (primary N) is 1. The van der Waals surface area contributed by atoms with E-state index in [1.807, 2.05) is 0 Å². The maximum atomic E-state index is 5.23. The Balaban J connectivity index is 1.58. The van der Waals surface area contributed by atoms with Crippen LogP contribution in [0.1, 0.15) is 34.0 Å². The summed E-state index contributed by atoms with van der Waals surface area (Å²) in [6.45, 7) is 6.59. The van der Waals surface area contributed by atoms with Crippen LogP contribution in [0.3, 0.4) is 0 Å². The number of pyridine rings is 1. The van der Waals surface area contributed by atoms with Crippen LogP contribution in [0, 0.1) is 20.8 Å². The van der Waals surface area contributed by atoms with Gasteiger partial charge in [-0.3, -0.25) is 0 Å². The Kier molecular flexibility index (Phi) is 6.24. The Hall–Kier alpha value is -3.75. The Morgan fingerprint density at radius 2 is 1.38 bits per heavy atom. The smallest absolute Gasteiger partial charge is 0.137 e. The molecule has 1 unspecified atom stereocenters. The highest BCUT2D eigenvalue weighted by Gasteiger charge is 2.22. The van der Waals surface area contributed by atoms with Crippen LogP contribution in [0.4, 0.5) is 5.69 Å². The first-order valence-electron chi connectivity index (χ1n) is 12.0. The number of aromatic nitrogens is 1. The SMILES string of the molecule is Cc1cc(C)c([NH2+]C(Cc2ccccc2)c2cccc(-c3cccc4ccccc34)n2)c(C)c1. The number of hydrogen-bond acceptors (Lipinski definition) is 1. The molecule has 4 aromatic carbocycles. The average Bonchev–Trinajstić information content (AvgIpc) is 2.86. The molecule has 0 fully saturated rings. The fourth-order valence-electron chi connectivity index (χ4n) is 5.03. The van der Waals surface area contributed by atoms with Crippen LogP contribution in [-0.4, -0.2) is 4.98 Å². The summed E-state index contributed by atoms with van der Waals surface area (Å²) in [7, 11) is 0. The van der Waals surface area contributed by atoms with Crippen molar-refractivity contribution in [1.82, 2.24) is 4.98 Å². The lowest BCUT2D eigenvalue weighted by molar-refractivity contribution is -0.619. The van der Waals surface area contributed by atoms with Crippen LogP contribution in [0.5, 0.6) is 0 Å². The second-order valence-corrected chi connectivity index (χ2v) is 9.25.